The Bertz CT molecular complexity index is 777. The first-order chi connectivity index (χ1) is 11.8. The molecule has 0 fully saturated rings. The first-order valence-electron chi connectivity index (χ1n) is 7.56. The Morgan fingerprint density at radius 1 is 1.52 bits per heavy atom. The zero-order chi connectivity index (χ0) is 18.6. The van der Waals surface area contributed by atoms with Crippen molar-refractivity contribution in [2.75, 3.05) is 19.5 Å². The Labute approximate surface area is 149 Å². The van der Waals surface area contributed by atoms with Gasteiger partial charge in [-0.3, -0.25) is 19.8 Å². The molecule has 0 saturated carbocycles. The number of benzene rings is 1. The van der Waals surface area contributed by atoms with Crippen LogP contribution in [0.15, 0.2) is 24.4 Å². The summed E-state index contributed by atoms with van der Waals surface area (Å²) < 4.78 is 4.99. The van der Waals surface area contributed by atoms with Gasteiger partial charge in [0.15, 0.2) is 0 Å². The molecule has 1 atom stereocenters. The quantitative estimate of drug-likeness (QED) is 0.599. The van der Waals surface area contributed by atoms with Crippen molar-refractivity contribution in [2.45, 2.75) is 26.4 Å². The van der Waals surface area contributed by atoms with E-state index in [4.69, 9.17) is 4.74 Å². The summed E-state index contributed by atoms with van der Waals surface area (Å²) in [4.78, 5) is 30.2. The molecule has 0 bridgehead atoms. The number of aromatic nitrogens is 1. The van der Waals surface area contributed by atoms with Gasteiger partial charge < -0.3 is 10.1 Å². The lowest BCUT2D eigenvalue weighted by atomic mass is 10.2. The van der Waals surface area contributed by atoms with Crippen molar-refractivity contribution in [1.29, 1.82) is 0 Å². The van der Waals surface area contributed by atoms with E-state index in [1.165, 1.54) is 19.2 Å². The molecule has 25 heavy (non-hydrogen) atoms. The van der Waals surface area contributed by atoms with E-state index in [1.54, 1.807) is 30.5 Å². The molecule has 2 aromatic rings. The average Bonchev–Trinajstić information content (AvgIpc) is 2.98. The largest absolute Gasteiger partial charge is 0.496 e. The number of hydrogen-bond acceptors (Lipinski definition) is 7. The number of thiazole rings is 1. The molecular weight excluding hydrogens is 344 g/mol. The van der Waals surface area contributed by atoms with Crippen LogP contribution in [0.4, 0.5) is 11.4 Å². The first kappa shape index (κ1) is 18.8. The van der Waals surface area contributed by atoms with Crippen LogP contribution in [0.5, 0.6) is 5.75 Å². The summed E-state index contributed by atoms with van der Waals surface area (Å²) in [5.41, 5.74) is -0.0645. The van der Waals surface area contributed by atoms with Gasteiger partial charge in [-0.25, -0.2) is 4.98 Å². The van der Waals surface area contributed by atoms with E-state index in [2.05, 4.69) is 10.3 Å². The van der Waals surface area contributed by atoms with Crippen LogP contribution >= 0.6 is 11.3 Å². The number of nitro benzene ring substituents is 1. The number of amides is 1. The van der Waals surface area contributed by atoms with E-state index >= 15 is 0 Å². The normalized spacial score (nSPS) is 12.0. The number of carbonyl (C=O) groups is 1. The lowest BCUT2D eigenvalue weighted by molar-refractivity contribution is -0.384. The predicted molar refractivity (Wildman–Crippen MR) is 96.1 cm³/mol. The molecule has 0 saturated heterocycles. The average molecular weight is 364 g/mol. The molecule has 9 heteroatoms. The highest BCUT2D eigenvalue weighted by molar-refractivity contribution is 7.11. The summed E-state index contributed by atoms with van der Waals surface area (Å²) in [5.74, 6) is 0.0347. The number of ether oxygens (including phenoxy) is 1. The molecule has 0 aliphatic rings. The van der Waals surface area contributed by atoms with Gasteiger partial charge in [-0.1, -0.05) is 0 Å². The van der Waals surface area contributed by atoms with E-state index in [1.807, 2.05) is 18.9 Å². The van der Waals surface area contributed by atoms with Crippen LogP contribution in [0.25, 0.3) is 0 Å². The molecule has 1 aromatic carbocycles. The standard InChI is InChI=1S/C16H20N4O4S/c1-10(19(3)9-13-8-17-11(2)25-13)16(21)18-14-6-5-12(24-4)7-15(14)20(22)23/h5-8,10H,9H2,1-4H3,(H,18,21)/t10-/m1/s1. The molecule has 0 aliphatic carbocycles. The Morgan fingerprint density at radius 2 is 2.24 bits per heavy atom. The lowest BCUT2D eigenvalue weighted by Crippen LogP contribution is -2.39. The molecule has 1 heterocycles. The maximum atomic E-state index is 12.5. The van der Waals surface area contributed by atoms with Gasteiger partial charge in [0.2, 0.25) is 5.91 Å². The molecule has 0 unspecified atom stereocenters. The minimum Gasteiger partial charge on any atom is -0.496 e. The highest BCUT2D eigenvalue weighted by Crippen LogP contribution is 2.29. The van der Waals surface area contributed by atoms with Gasteiger partial charge in [-0.2, -0.15) is 0 Å². The number of anilines is 1. The number of likely N-dealkylation sites (N-methyl/N-ethyl adjacent to an activating group) is 1. The summed E-state index contributed by atoms with van der Waals surface area (Å²) in [6, 6.07) is 3.85. The van der Waals surface area contributed by atoms with Crippen molar-refractivity contribution in [3.05, 3.63) is 44.4 Å². The summed E-state index contributed by atoms with van der Waals surface area (Å²) in [6.45, 7) is 4.25. The number of nitrogens with zero attached hydrogens (tertiary/aromatic N) is 3. The highest BCUT2D eigenvalue weighted by Gasteiger charge is 2.23. The molecule has 0 spiro atoms. The molecule has 0 aliphatic heterocycles. The van der Waals surface area contributed by atoms with E-state index in [0.717, 1.165) is 9.88 Å². The van der Waals surface area contributed by atoms with E-state index in [9.17, 15) is 14.9 Å². The molecule has 1 aromatic heterocycles. The predicted octanol–water partition coefficient (Wildman–Crippen LogP) is 2.83. The van der Waals surface area contributed by atoms with Gasteiger partial charge in [-0.05, 0) is 33.0 Å². The van der Waals surface area contributed by atoms with Crippen LogP contribution in [0, 0.1) is 17.0 Å². The number of methoxy groups -OCH3 is 1. The number of hydrogen-bond donors (Lipinski definition) is 1. The number of rotatable bonds is 7. The zero-order valence-corrected chi connectivity index (χ0v) is 15.3. The first-order valence-corrected chi connectivity index (χ1v) is 8.38. The Balaban J connectivity index is 2.09. The third kappa shape index (κ3) is 4.74. The monoisotopic (exact) mass is 364 g/mol. The maximum Gasteiger partial charge on any atom is 0.296 e. The van der Waals surface area contributed by atoms with Crippen LogP contribution in [0.1, 0.15) is 16.8 Å². The Morgan fingerprint density at radius 3 is 2.80 bits per heavy atom. The van der Waals surface area contributed by atoms with Gasteiger partial charge in [0.05, 0.1) is 29.1 Å². The van der Waals surface area contributed by atoms with Gasteiger partial charge in [0, 0.05) is 17.6 Å². The zero-order valence-electron chi connectivity index (χ0n) is 14.5. The summed E-state index contributed by atoms with van der Waals surface area (Å²) in [5, 5.41) is 14.8. The second kappa shape index (κ2) is 8.04. The SMILES string of the molecule is COc1ccc(NC(=O)[C@@H](C)N(C)Cc2cnc(C)s2)c([N+](=O)[O-])c1. The Kier molecular flexibility index (Phi) is 6.05. The van der Waals surface area contributed by atoms with Gasteiger partial charge in [0.1, 0.15) is 11.4 Å². The van der Waals surface area contributed by atoms with Crippen LogP contribution in [0.3, 0.4) is 0 Å². The minimum absolute atomic E-state index is 0.143. The van der Waals surface area contributed by atoms with Crippen LogP contribution in [-0.4, -0.2) is 40.9 Å². The van der Waals surface area contributed by atoms with Crippen molar-refractivity contribution in [2.24, 2.45) is 0 Å². The molecular formula is C16H20N4O4S. The fraction of sp³-hybridized carbons (Fsp3) is 0.375. The van der Waals surface area contributed by atoms with Crippen molar-refractivity contribution in [3.63, 3.8) is 0 Å². The third-order valence-electron chi connectivity index (χ3n) is 3.77. The van der Waals surface area contributed by atoms with Crippen molar-refractivity contribution < 1.29 is 14.5 Å². The maximum absolute atomic E-state index is 12.5. The van der Waals surface area contributed by atoms with Gasteiger partial charge in [0.25, 0.3) is 5.69 Å². The van der Waals surface area contributed by atoms with E-state index in [0.29, 0.717) is 12.3 Å². The second-order valence-corrected chi connectivity index (χ2v) is 6.89. The topological polar surface area (TPSA) is 97.6 Å². The summed E-state index contributed by atoms with van der Waals surface area (Å²) in [7, 11) is 3.25. The Hall–Kier alpha value is -2.52. The molecule has 2 rings (SSSR count). The van der Waals surface area contributed by atoms with E-state index in [-0.39, 0.29) is 17.3 Å². The van der Waals surface area contributed by atoms with Crippen molar-refractivity contribution in [3.8, 4) is 5.75 Å². The van der Waals surface area contributed by atoms with E-state index < -0.39 is 11.0 Å². The van der Waals surface area contributed by atoms with Gasteiger partial charge >= 0.3 is 0 Å². The van der Waals surface area contributed by atoms with Crippen LogP contribution < -0.4 is 10.1 Å². The fourth-order valence-corrected chi connectivity index (χ4v) is 3.05. The number of carbonyl (C=O) groups excluding carboxylic acids is 1. The lowest BCUT2D eigenvalue weighted by Gasteiger charge is -2.23. The minimum atomic E-state index is -0.549. The molecule has 8 nitrogen and oxygen atoms in total. The smallest absolute Gasteiger partial charge is 0.296 e. The molecule has 1 N–H and O–H groups in total. The summed E-state index contributed by atoms with van der Waals surface area (Å²) in [6.07, 6.45) is 1.79. The number of nitro groups is 1. The fourth-order valence-electron chi connectivity index (χ4n) is 2.19. The van der Waals surface area contributed by atoms with Crippen LogP contribution in [-0.2, 0) is 11.3 Å². The van der Waals surface area contributed by atoms with Crippen LogP contribution in [0.2, 0.25) is 0 Å². The third-order valence-corrected chi connectivity index (χ3v) is 4.67. The van der Waals surface area contributed by atoms with Crippen molar-refractivity contribution >= 4 is 28.6 Å². The highest BCUT2D eigenvalue weighted by atomic mass is 32.1. The molecule has 134 valence electrons. The second-order valence-electron chi connectivity index (χ2n) is 5.57. The molecule has 0 radical (unpaired) electrons. The summed E-state index contributed by atoms with van der Waals surface area (Å²) >= 11 is 1.57. The molecule has 1 amide bonds. The van der Waals surface area contributed by atoms with Gasteiger partial charge in [-0.15, -0.1) is 11.3 Å². The number of aryl methyl sites for hydroxylation is 1. The van der Waals surface area contributed by atoms with Crippen molar-refractivity contribution in [1.82, 2.24) is 9.88 Å². The number of nitrogens with one attached hydrogen (secondary N) is 1.